The van der Waals surface area contributed by atoms with Gasteiger partial charge in [-0.05, 0) is 73.0 Å². The fourth-order valence-corrected chi connectivity index (χ4v) is 5.33. The van der Waals surface area contributed by atoms with Crippen LogP contribution in [0.5, 0.6) is 0 Å². The molecule has 1 heterocycles. The van der Waals surface area contributed by atoms with Gasteiger partial charge in [0, 0.05) is 33.5 Å². The number of amides is 3. The van der Waals surface area contributed by atoms with Crippen LogP contribution >= 0.6 is 11.8 Å². The van der Waals surface area contributed by atoms with Gasteiger partial charge in [-0.3, -0.25) is 14.4 Å². The monoisotopic (exact) mass is 615 g/mol. The van der Waals surface area contributed by atoms with Gasteiger partial charge in [0.25, 0.3) is 11.8 Å². The van der Waals surface area contributed by atoms with E-state index in [0.717, 1.165) is 33.7 Å². The average molecular weight is 616 g/mol. The molecule has 226 valence electrons. The zero-order chi connectivity index (χ0) is 31.6. The molecule has 7 nitrogen and oxygen atoms in total. The molecular weight excluding hydrogens is 582 g/mol. The Hall–Kier alpha value is -5.34. The fraction of sp³-hybridized carbons (Fsp3) is 0.108. The van der Waals surface area contributed by atoms with Crippen molar-refractivity contribution in [3.8, 4) is 11.3 Å². The van der Waals surface area contributed by atoms with E-state index in [-0.39, 0.29) is 17.4 Å². The molecule has 45 heavy (non-hydrogen) atoms. The first-order valence-electron chi connectivity index (χ1n) is 14.6. The number of para-hydroxylation sites is 1. The van der Waals surface area contributed by atoms with E-state index in [1.54, 1.807) is 42.5 Å². The van der Waals surface area contributed by atoms with E-state index < -0.39 is 11.8 Å². The van der Waals surface area contributed by atoms with Gasteiger partial charge in [0.05, 0.1) is 5.75 Å². The van der Waals surface area contributed by atoms with Crippen LogP contribution in [0.15, 0.2) is 130 Å². The Balaban J connectivity index is 1.26. The molecule has 0 atom stereocenters. The summed E-state index contributed by atoms with van der Waals surface area (Å²) in [6, 6.07) is 35.0. The highest BCUT2D eigenvalue weighted by Crippen LogP contribution is 2.25. The van der Waals surface area contributed by atoms with E-state index in [1.165, 1.54) is 17.8 Å². The summed E-state index contributed by atoms with van der Waals surface area (Å²) in [6.07, 6.45) is 2.34. The summed E-state index contributed by atoms with van der Waals surface area (Å²) in [5.74, 6) is 0.279. The van der Waals surface area contributed by atoms with Crippen molar-refractivity contribution in [3.05, 3.63) is 143 Å². The Morgan fingerprint density at radius 3 is 2.20 bits per heavy atom. The SMILES string of the molecule is CCc1cccc(C)c1NC(=O)CSc1ccc(NC(=O)C(=Cc2ccc(-c3ccccc3)o2)NC(=O)c2ccccc2)cc1. The second kappa shape index (κ2) is 14.9. The van der Waals surface area contributed by atoms with Crippen LogP contribution in [0.25, 0.3) is 17.4 Å². The normalized spacial score (nSPS) is 11.1. The highest BCUT2D eigenvalue weighted by molar-refractivity contribution is 8.00. The van der Waals surface area contributed by atoms with E-state index in [1.807, 2.05) is 79.7 Å². The molecule has 3 N–H and O–H groups in total. The lowest BCUT2D eigenvalue weighted by molar-refractivity contribution is -0.114. The van der Waals surface area contributed by atoms with E-state index in [0.29, 0.717) is 22.8 Å². The van der Waals surface area contributed by atoms with Gasteiger partial charge in [0.2, 0.25) is 5.91 Å². The molecule has 4 aromatic carbocycles. The van der Waals surface area contributed by atoms with Crippen molar-refractivity contribution in [1.82, 2.24) is 5.32 Å². The zero-order valence-corrected chi connectivity index (χ0v) is 25.8. The predicted molar refractivity (Wildman–Crippen MR) is 181 cm³/mol. The number of hydrogen-bond donors (Lipinski definition) is 3. The highest BCUT2D eigenvalue weighted by Gasteiger charge is 2.17. The Morgan fingerprint density at radius 2 is 1.49 bits per heavy atom. The van der Waals surface area contributed by atoms with Gasteiger partial charge in [0.15, 0.2) is 0 Å². The standard InChI is InChI=1S/C37H33N3O4S/c1-3-26-16-10-11-25(2)35(26)40-34(41)24-45-31-20-17-29(18-21-31)38-37(43)32(39-36(42)28-14-8-5-9-15-28)23-30-19-22-33(44-30)27-12-6-4-7-13-27/h4-23H,3,24H2,1-2H3,(H,38,43)(H,39,42)(H,40,41). The van der Waals surface area contributed by atoms with Crippen LogP contribution in [-0.4, -0.2) is 23.5 Å². The topological polar surface area (TPSA) is 100 Å². The average Bonchev–Trinajstić information content (AvgIpc) is 3.54. The molecule has 0 aliphatic heterocycles. The van der Waals surface area contributed by atoms with Crippen LogP contribution in [0.3, 0.4) is 0 Å². The van der Waals surface area contributed by atoms with Crippen molar-refractivity contribution >= 4 is 46.9 Å². The Kier molecular flexibility index (Phi) is 10.3. The molecule has 0 saturated carbocycles. The first-order chi connectivity index (χ1) is 21.9. The van der Waals surface area contributed by atoms with Gasteiger partial charge in [-0.15, -0.1) is 11.8 Å². The first kappa shape index (κ1) is 31.1. The molecule has 0 unspecified atom stereocenters. The third-order valence-electron chi connectivity index (χ3n) is 6.99. The Morgan fingerprint density at radius 1 is 0.778 bits per heavy atom. The number of thioether (sulfide) groups is 1. The Bertz CT molecular complexity index is 1810. The van der Waals surface area contributed by atoms with Crippen molar-refractivity contribution in [2.45, 2.75) is 25.2 Å². The lowest BCUT2D eigenvalue weighted by Gasteiger charge is -2.13. The number of carbonyl (C=O) groups excluding carboxylic acids is 3. The molecular formula is C37H33N3O4S. The van der Waals surface area contributed by atoms with Crippen LogP contribution < -0.4 is 16.0 Å². The second-order valence-electron chi connectivity index (χ2n) is 10.2. The molecule has 0 bridgehead atoms. The molecule has 1 aromatic heterocycles. The number of rotatable bonds is 11. The van der Waals surface area contributed by atoms with Crippen LogP contribution in [0, 0.1) is 6.92 Å². The maximum Gasteiger partial charge on any atom is 0.272 e. The summed E-state index contributed by atoms with van der Waals surface area (Å²) in [6.45, 7) is 4.05. The summed E-state index contributed by atoms with van der Waals surface area (Å²) >= 11 is 1.40. The summed E-state index contributed by atoms with van der Waals surface area (Å²) in [4.78, 5) is 39.9. The molecule has 5 rings (SSSR count). The molecule has 3 amide bonds. The maximum atomic E-state index is 13.4. The van der Waals surface area contributed by atoms with Crippen molar-refractivity contribution in [2.24, 2.45) is 0 Å². The molecule has 0 spiro atoms. The lowest BCUT2D eigenvalue weighted by Crippen LogP contribution is -2.30. The number of anilines is 2. The molecule has 0 fully saturated rings. The minimum Gasteiger partial charge on any atom is -0.457 e. The predicted octanol–water partition coefficient (Wildman–Crippen LogP) is 7.96. The van der Waals surface area contributed by atoms with Gasteiger partial charge in [-0.25, -0.2) is 0 Å². The zero-order valence-electron chi connectivity index (χ0n) is 25.0. The molecule has 5 aromatic rings. The largest absolute Gasteiger partial charge is 0.457 e. The molecule has 0 saturated heterocycles. The highest BCUT2D eigenvalue weighted by atomic mass is 32.2. The minimum atomic E-state index is -0.512. The number of hydrogen-bond acceptors (Lipinski definition) is 5. The summed E-state index contributed by atoms with van der Waals surface area (Å²) in [5, 5.41) is 8.62. The van der Waals surface area contributed by atoms with Crippen LogP contribution in [0.2, 0.25) is 0 Å². The van der Waals surface area contributed by atoms with Crippen LogP contribution in [0.4, 0.5) is 11.4 Å². The summed E-state index contributed by atoms with van der Waals surface area (Å²) in [5.41, 5.74) is 4.88. The third-order valence-corrected chi connectivity index (χ3v) is 8.00. The van der Waals surface area contributed by atoms with Crippen molar-refractivity contribution in [1.29, 1.82) is 0 Å². The number of aryl methyl sites for hydroxylation is 2. The van der Waals surface area contributed by atoms with Crippen molar-refractivity contribution in [3.63, 3.8) is 0 Å². The van der Waals surface area contributed by atoms with E-state index >= 15 is 0 Å². The second-order valence-corrected chi connectivity index (χ2v) is 11.3. The fourth-order valence-electron chi connectivity index (χ4n) is 4.63. The van der Waals surface area contributed by atoms with Crippen LogP contribution in [0.1, 0.15) is 34.2 Å². The molecule has 0 radical (unpaired) electrons. The summed E-state index contributed by atoms with van der Waals surface area (Å²) < 4.78 is 5.96. The van der Waals surface area contributed by atoms with Gasteiger partial charge in [-0.2, -0.15) is 0 Å². The minimum absolute atomic E-state index is 0.0237. The maximum absolute atomic E-state index is 13.4. The molecule has 0 aliphatic carbocycles. The van der Waals surface area contributed by atoms with E-state index in [2.05, 4.69) is 22.9 Å². The number of furan rings is 1. The van der Waals surface area contributed by atoms with Gasteiger partial charge in [-0.1, -0.05) is 73.7 Å². The van der Waals surface area contributed by atoms with E-state index in [4.69, 9.17) is 4.42 Å². The van der Waals surface area contributed by atoms with Gasteiger partial charge in [0.1, 0.15) is 17.2 Å². The quantitative estimate of drug-likeness (QED) is 0.103. The Labute approximate surface area is 266 Å². The number of carbonyl (C=O) groups is 3. The van der Waals surface area contributed by atoms with Crippen molar-refractivity contribution < 1.29 is 18.8 Å². The smallest absolute Gasteiger partial charge is 0.272 e. The van der Waals surface area contributed by atoms with E-state index in [9.17, 15) is 14.4 Å². The number of nitrogens with one attached hydrogen (secondary N) is 3. The third kappa shape index (κ3) is 8.40. The van der Waals surface area contributed by atoms with Crippen LogP contribution in [-0.2, 0) is 16.0 Å². The first-order valence-corrected chi connectivity index (χ1v) is 15.5. The number of benzene rings is 4. The van der Waals surface area contributed by atoms with Gasteiger partial charge >= 0.3 is 0 Å². The summed E-state index contributed by atoms with van der Waals surface area (Å²) in [7, 11) is 0. The lowest BCUT2D eigenvalue weighted by atomic mass is 10.1. The molecule has 8 heteroatoms. The molecule has 0 aliphatic rings. The van der Waals surface area contributed by atoms with Crippen molar-refractivity contribution in [2.75, 3.05) is 16.4 Å². The van der Waals surface area contributed by atoms with Gasteiger partial charge < -0.3 is 20.4 Å².